The van der Waals surface area contributed by atoms with Crippen molar-refractivity contribution in [2.75, 3.05) is 26.3 Å². The van der Waals surface area contributed by atoms with Gasteiger partial charge in [-0.1, -0.05) is 29.5 Å². The molecule has 3 aromatic rings. The molecule has 1 atom stereocenters. The number of hydrogen-bond donors (Lipinski definition) is 0. The molecule has 5 rings (SSSR count). The molecular weight excluding hydrogens is 462 g/mol. The Kier molecular flexibility index (Phi) is 5.98. The maximum Gasteiger partial charge on any atom is 0.252 e. The van der Waals surface area contributed by atoms with Crippen LogP contribution in [-0.4, -0.2) is 49.5 Å². The fourth-order valence-corrected chi connectivity index (χ4v) is 6.94. The van der Waals surface area contributed by atoms with Crippen molar-refractivity contribution in [3.05, 3.63) is 47.3 Å². The molecule has 0 spiro atoms. The number of sulfonamides is 1. The van der Waals surface area contributed by atoms with E-state index in [0.717, 1.165) is 10.2 Å². The smallest absolute Gasteiger partial charge is 0.252 e. The highest BCUT2D eigenvalue weighted by Crippen LogP contribution is 2.35. The Morgan fingerprint density at radius 1 is 1.15 bits per heavy atom. The van der Waals surface area contributed by atoms with Crippen LogP contribution in [0.1, 0.15) is 19.8 Å². The van der Waals surface area contributed by atoms with E-state index >= 15 is 0 Å². The molecule has 0 saturated carbocycles. The van der Waals surface area contributed by atoms with E-state index in [4.69, 9.17) is 9.47 Å². The zero-order chi connectivity index (χ0) is 23.0. The van der Waals surface area contributed by atoms with Crippen molar-refractivity contribution in [1.82, 2.24) is 8.87 Å². The Balaban J connectivity index is 1.44. The third kappa shape index (κ3) is 4.18. The zero-order valence-electron chi connectivity index (χ0n) is 18.3. The number of amides is 1. The largest absolute Gasteiger partial charge is 0.486 e. The number of benzene rings is 2. The van der Waals surface area contributed by atoms with Gasteiger partial charge in [-0.05, 0) is 31.9 Å². The van der Waals surface area contributed by atoms with Crippen molar-refractivity contribution >= 4 is 37.5 Å². The monoisotopic (exact) mass is 487 g/mol. The summed E-state index contributed by atoms with van der Waals surface area (Å²) >= 11 is 1.42. The maximum absolute atomic E-state index is 13.1. The summed E-state index contributed by atoms with van der Waals surface area (Å²) in [5, 5.41) is 0. The third-order valence-corrected chi connectivity index (χ3v) is 8.90. The lowest BCUT2D eigenvalue weighted by Gasteiger charge is -2.30. The van der Waals surface area contributed by atoms with Gasteiger partial charge < -0.3 is 14.0 Å². The van der Waals surface area contributed by atoms with Crippen molar-refractivity contribution in [2.45, 2.75) is 31.2 Å². The van der Waals surface area contributed by atoms with Gasteiger partial charge in [0, 0.05) is 31.8 Å². The number of carbonyl (C=O) groups excluding carboxylic acids is 1. The predicted molar refractivity (Wildman–Crippen MR) is 125 cm³/mol. The molecule has 1 amide bonds. The molecule has 10 heteroatoms. The number of thiazole rings is 1. The van der Waals surface area contributed by atoms with E-state index in [9.17, 15) is 13.2 Å². The summed E-state index contributed by atoms with van der Waals surface area (Å²) < 4.78 is 41.8. The molecule has 174 valence electrons. The molecule has 0 N–H and O–H groups in total. The molecule has 33 heavy (non-hydrogen) atoms. The van der Waals surface area contributed by atoms with E-state index in [1.165, 1.54) is 15.6 Å². The molecule has 1 aromatic heterocycles. The van der Waals surface area contributed by atoms with Crippen molar-refractivity contribution in [1.29, 1.82) is 0 Å². The summed E-state index contributed by atoms with van der Waals surface area (Å²) in [6, 6.07) is 12.2. The van der Waals surface area contributed by atoms with E-state index in [1.54, 1.807) is 30.3 Å². The van der Waals surface area contributed by atoms with Crippen LogP contribution in [0, 0.1) is 5.92 Å². The Morgan fingerprint density at radius 3 is 2.61 bits per heavy atom. The topological polar surface area (TPSA) is 90.2 Å². The third-order valence-electron chi connectivity index (χ3n) is 5.98. The highest BCUT2D eigenvalue weighted by Gasteiger charge is 2.33. The Hall–Kier alpha value is -2.69. The molecule has 1 unspecified atom stereocenters. The van der Waals surface area contributed by atoms with Gasteiger partial charge in [-0.15, -0.1) is 0 Å². The van der Waals surface area contributed by atoms with Gasteiger partial charge in [0.1, 0.15) is 13.2 Å². The standard InChI is InChI=1S/C23H25N3O5S2/c1-2-26-18-13-19-20(31-12-11-30-19)14-21(18)32-23(26)24-22(27)16-7-6-10-25(15-16)33(28,29)17-8-4-3-5-9-17/h3-5,8-9,13-14,16H,2,6-7,10-12,15H2,1H3. The lowest BCUT2D eigenvalue weighted by molar-refractivity contribution is -0.122. The lowest BCUT2D eigenvalue weighted by Crippen LogP contribution is -2.42. The molecule has 2 aliphatic heterocycles. The second kappa shape index (κ2) is 8.92. The number of carbonyl (C=O) groups is 1. The summed E-state index contributed by atoms with van der Waals surface area (Å²) in [7, 11) is -3.64. The van der Waals surface area contributed by atoms with Crippen LogP contribution >= 0.6 is 11.3 Å². The van der Waals surface area contributed by atoms with E-state index in [1.807, 2.05) is 23.6 Å². The fourth-order valence-electron chi connectivity index (χ4n) is 4.29. The molecule has 3 heterocycles. The number of nitrogens with zero attached hydrogens (tertiary/aromatic N) is 3. The SMILES string of the molecule is CCn1c(=NC(=O)C2CCCN(S(=O)(=O)c3ccccc3)C2)sc2cc3c(cc21)OCCO3. The van der Waals surface area contributed by atoms with Crippen molar-refractivity contribution < 1.29 is 22.7 Å². The van der Waals surface area contributed by atoms with E-state index in [-0.39, 0.29) is 17.3 Å². The average molecular weight is 488 g/mol. The summed E-state index contributed by atoms with van der Waals surface area (Å²) in [5.41, 5.74) is 0.940. The van der Waals surface area contributed by atoms with Crippen molar-refractivity contribution in [2.24, 2.45) is 10.9 Å². The van der Waals surface area contributed by atoms with Crippen LogP contribution in [0.3, 0.4) is 0 Å². The van der Waals surface area contributed by atoms with Crippen LogP contribution in [0.15, 0.2) is 52.4 Å². The average Bonchev–Trinajstić information content (AvgIpc) is 3.18. The molecule has 1 fully saturated rings. The number of fused-ring (bicyclic) bond motifs is 2. The number of ether oxygens (including phenoxy) is 2. The molecule has 2 aromatic carbocycles. The van der Waals surface area contributed by atoms with Gasteiger partial charge in [0.2, 0.25) is 10.0 Å². The van der Waals surface area contributed by atoms with Gasteiger partial charge in [0.05, 0.1) is 21.0 Å². The minimum absolute atomic E-state index is 0.145. The molecule has 1 saturated heterocycles. The Bertz CT molecular complexity index is 1360. The molecule has 0 bridgehead atoms. The normalized spacial score (nSPS) is 19.7. The van der Waals surface area contributed by atoms with Crippen LogP contribution in [0.25, 0.3) is 10.2 Å². The van der Waals surface area contributed by atoms with Gasteiger partial charge in [-0.25, -0.2) is 8.42 Å². The first kappa shape index (κ1) is 22.1. The van der Waals surface area contributed by atoms with E-state index in [0.29, 0.717) is 55.4 Å². The molecule has 0 aliphatic carbocycles. The Labute approximate surface area is 196 Å². The summed E-state index contributed by atoms with van der Waals surface area (Å²) in [6.07, 6.45) is 1.25. The minimum Gasteiger partial charge on any atom is -0.486 e. The number of aryl methyl sites for hydroxylation is 1. The second-order valence-electron chi connectivity index (χ2n) is 8.06. The van der Waals surface area contributed by atoms with Gasteiger partial charge in [-0.3, -0.25) is 4.79 Å². The van der Waals surface area contributed by atoms with Crippen LogP contribution < -0.4 is 14.3 Å². The summed E-state index contributed by atoms with van der Waals surface area (Å²) in [4.78, 5) is 18.4. The van der Waals surface area contributed by atoms with Gasteiger partial charge >= 0.3 is 0 Å². The first-order valence-electron chi connectivity index (χ1n) is 11.0. The molecule has 2 aliphatic rings. The number of piperidine rings is 1. The van der Waals surface area contributed by atoms with Gasteiger partial charge in [0.25, 0.3) is 5.91 Å². The minimum atomic E-state index is -3.64. The molecular formula is C23H25N3O5S2. The molecule has 8 nitrogen and oxygen atoms in total. The molecule has 0 radical (unpaired) electrons. The fraction of sp³-hybridized carbons (Fsp3) is 0.391. The first-order chi connectivity index (χ1) is 16.0. The maximum atomic E-state index is 13.1. The summed E-state index contributed by atoms with van der Waals surface area (Å²) in [6.45, 7) is 4.22. The highest BCUT2D eigenvalue weighted by atomic mass is 32.2. The number of rotatable bonds is 4. The van der Waals surface area contributed by atoms with Gasteiger partial charge in [-0.2, -0.15) is 9.30 Å². The number of aromatic nitrogens is 1. The number of hydrogen-bond acceptors (Lipinski definition) is 6. The van der Waals surface area contributed by atoms with Crippen LogP contribution in [0.2, 0.25) is 0 Å². The summed E-state index contributed by atoms with van der Waals surface area (Å²) in [5.74, 6) is 0.646. The van der Waals surface area contributed by atoms with Crippen molar-refractivity contribution in [3.8, 4) is 11.5 Å². The van der Waals surface area contributed by atoms with Crippen LogP contribution in [0.5, 0.6) is 11.5 Å². The zero-order valence-corrected chi connectivity index (χ0v) is 19.9. The predicted octanol–water partition coefficient (Wildman–Crippen LogP) is 3.02. The van der Waals surface area contributed by atoms with Crippen LogP contribution in [0.4, 0.5) is 0 Å². The lowest BCUT2D eigenvalue weighted by atomic mass is 9.99. The Morgan fingerprint density at radius 2 is 1.88 bits per heavy atom. The first-order valence-corrected chi connectivity index (χ1v) is 13.3. The van der Waals surface area contributed by atoms with Crippen molar-refractivity contribution in [3.63, 3.8) is 0 Å². The van der Waals surface area contributed by atoms with E-state index in [2.05, 4.69) is 4.99 Å². The highest BCUT2D eigenvalue weighted by molar-refractivity contribution is 7.89. The second-order valence-corrected chi connectivity index (χ2v) is 11.0. The van der Waals surface area contributed by atoms with Crippen LogP contribution in [-0.2, 0) is 21.4 Å². The van der Waals surface area contributed by atoms with E-state index < -0.39 is 15.9 Å². The van der Waals surface area contributed by atoms with Gasteiger partial charge in [0.15, 0.2) is 16.3 Å². The quantitative estimate of drug-likeness (QED) is 0.564.